The molecular formula is C19H16F3N3O6. The van der Waals surface area contributed by atoms with Crippen LogP contribution in [0, 0.1) is 0 Å². The molecule has 1 atom stereocenters. The molecule has 0 radical (unpaired) electrons. The number of hydrogen-bond acceptors (Lipinski definition) is 8. The Bertz CT molecular complexity index is 961. The first-order valence-corrected chi connectivity index (χ1v) is 8.81. The third kappa shape index (κ3) is 6.32. The van der Waals surface area contributed by atoms with E-state index in [1.165, 1.54) is 49.7 Å². The van der Waals surface area contributed by atoms with Crippen molar-refractivity contribution in [3.8, 4) is 11.5 Å². The maximum absolute atomic E-state index is 12.2. The number of halogens is 3. The summed E-state index contributed by atoms with van der Waals surface area (Å²) in [5, 5.41) is 6.16. The first-order chi connectivity index (χ1) is 14.7. The van der Waals surface area contributed by atoms with Gasteiger partial charge >= 0.3 is 12.3 Å². The van der Waals surface area contributed by atoms with Crippen LogP contribution < -0.4 is 14.8 Å². The van der Waals surface area contributed by atoms with Gasteiger partial charge in [0.15, 0.2) is 6.10 Å². The summed E-state index contributed by atoms with van der Waals surface area (Å²) in [5.41, 5.74) is 0.660. The molecule has 2 heterocycles. The number of carbonyl (C=O) groups excluding carboxylic acids is 2. The van der Waals surface area contributed by atoms with Crippen molar-refractivity contribution in [3.63, 3.8) is 0 Å². The van der Waals surface area contributed by atoms with E-state index in [-0.39, 0.29) is 30.3 Å². The number of rotatable bonds is 6. The second-order valence-corrected chi connectivity index (χ2v) is 6.14. The minimum absolute atomic E-state index is 0.0694. The lowest BCUT2D eigenvalue weighted by Crippen LogP contribution is -2.30. The van der Waals surface area contributed by atoms with Crippen LogP contribution in [-0.2, 0) is 14.4 Å². The minimum atomic E-state index is -4.76. The van der Waals surface area contributed by atoms with E-state index in [0.717, 1.165) is 0 Å². The number of oxime groups is 1. The van der Waals surface area contributed by atoms with Gasteiger partial charge < -0.3 is 24.4 Å². The molecule has 9 nitrogen and oxygen atoms in total. The van der Waals surface area contributed by atoms with Gasteiger partial charge in [-0.2, -0.15) is 0 Å². The van der Waals surface area contributed by atoms with E-state index >= 15 is 0 Å². The molecule has 0 saturated carbocycles. The summed E-state index contributed by atoms with van der Waals surface area (Å²) in [4.78, 5) is 32.1. The molecular weight excluding hydrogens is 423 g/mol. The first-order valence-electron chi connectivity index (χ1n) is 8.81. The lowest BCUT2D eigenvalue weighted by molar-refractivity contribution is -0.274. The van der Waals surface area contributed by atoms with E-state index in [0.29, 0.717) is 11.3 Å². The van der Waals surface area contributed by atoms with Gasteiger partial charge in [0.25, 0.3) is 5.91 Å². The van der Waals surface area contributed by atoms with E-state index < -0.39 is 24.3 Å². The van der Waals surface area contributed by atoms with E-state index in [1.54, 1.807) is 0 Å². The molecule has 2 aromatic rings. The molecule has 0 bridgehead atoms. The average molecular weight is 439 g/mol. The van der Waals surface area contributed by atoms with Crippen molar-refractivity contribution in [2.24, 2.45) is 5.16 Å². The smallest absolute Gasteiger partial charge is 0.468 e. The van der Waals surface area contributed by atoms with Crippen molar-refractivity contribution in [1.29, 1.82) is 0 Å². The number of ether oxygens (including phenoxy) is 3. The summed E-state index contributed by atoms with van der Waals surface area (Å²) in [6.07, 6.45) is -3.76. The summed E-state index contributed by atoms with van der Waals surface area (Å²) in [7, 11) is 1.20. The molecule has 1 amide bonds. The van der Waals surface area contributed by atoms with Crippen LogP contribution in [0.2, 0.25) is 0 Å². The molecule has 0 fully saturated rings. The summed E-state index contributed by atoms with van der Waals surface area (Å²) in [6, 6.07) is 8.12. The Balaban J connectivity index is 1.52. The van der Waals surface area contributed by atoms with Gasteiger partial charge in [-0.3, -0.25) is 9.59 Å². The van der Waals surface area contributed by atoms with Gasteiger partial charge in [0.1, 0.15) is 23.7 Å². The molecule has 0 spiro atoms. The molecule has 164 valence electrons. The lowest BCUT2D eigenvalue weighted by atomic mass is 10.1. The Morgan fingerprint density at radius 3 is 2.48 bits per heavy atom. The van der Waals surface area contributed by atoms with Gasteiger partial charge in [-0.05, 0) is 29.8 Å². The van der Waals surface area contributed by atoms with Crippen molar-refractivity contribution >= 4 is 17.8 Å². The Kier molecular flexibility index (Phi) is 6.58. The van der Waals surface area contributed by atoms with Gasteiger partial charge in [0.2, 0.25) is 5.90 Å². The Morgan fingerprint density at radius 1 is 1.16 bits per heavy atom. The van der Waals surface area contributed by atoms with Crippen LogP contribution in [0.25, 0.3) is 0 Å². The molecule has 1 aromatic heterocycles. The topological polar surface area (TPSA) is 108 Å². The van der Waals surface area contributed by atoms with Crippen LogP contribution >= 0.6 is 0 Å². The van der Waals surface area contributed by atoms with Crippen molar-refractivity contribution in [2.75, 3.05) is 13.7 Å². The Morgan fingerprint density at radius 2 is 1.87 bits per heavy atom. The highest BCUT2D eigenvalue weighted by Gasteiger charge is 2.31. The number of amides is 1. The highest BCUT2D eigenvalue weighted by atomic mass is 19.4. The van der Waals surface area contributed by atoms with Crippen molar-refractivity contribution < 1.29 is 41.8 Å². The molecule has 31 heavy (non-hydrogen) atoms. The number of esters is 1. The molecule has 12 heteroatoms. The quantitative estimate of drug-likeness (QED) is 0.690. The number of methoxy groups -OCH3 is 1. The Labute approximate surface area is 173 Å². The molecule has 1 N–H and O–H groups in total. The minimum Gasteiger partial charge on any atom is -0.468 e. The van der Waals surface area contributed by atoms with Crippen molar-refractivity contribution in [1.82, 2.24) is 10.3 Å². The fourth-order valence-corrected chi connectivity index (χ4v) is 2.50. The maximum Gasteiger partial charge on any atom is 0.573 e. The van der Waals surface area contributed by atoms with Crippen molar-refractivity contribution in [3.05, 3.63) is 53.9 Å². The second kappa shape index (κ2) is 9.32. The van der Waals surface area contributed by atoms with Crippen LogP contribution in [0.15, 0.2) is 47.8 Å². The van der Waals surface area contributed by atoms with Gasteiger partial charge in [-0.1, -0.05) is 17.3 Å². The zero-order valence-electron chi connectivity index (χ0n) is 16.0. The average Bonchev–Trinajstić information content (AvgIpc) is 3.20. The SMILES string of the molecule is COC(=O)CNC(=O)c1ccc(OC2=NO[C@H](c3ccc(OC(F)(F)F)cc3)C2)cn1. The molecule has 3 rings (SSSR count). The third-order valence-electron chi connectivity index (χ3n) is 3.95. The summed E-state index contributed by atoms with van der Waals surface area (Å²) >= 11 is 0. The molecule has 0 saturated heterocycles. The number of hydrogen-bond donors (Lipinski definition) is 1. The highest BCUT2D eigenvalue weighted by molar-refractivity contribution is 5.94. The van der Waals surface area contributed by atoms with Crippen LogP contribution in [-0.4, -0.2) is 42.8 Å². The van der Waals surface area contributed by atoms with Gasteiger partial charge in [0, 0.05) is 0 Å². The second-order valence-electron chi connectivity index (χ2n) is 6.14. The number of pyridine rings is 1. The normalized spacial score (nSPS) is 15.5. The maximum atomic E-state index is 12.2. The third-order valence-corrected chi connectivity index (χ3v) is 3.95. The standard InChI is InChI=1S/C19H16F3N3O6/c1-28-17(26)10-24-18(27)14-7-6-13(9-23-14)29-16-8-15(31-25-16)11-2-4-12(5-3-11)30-19(20,21)22/h2-7,9,15H,8,10H2,1H3,(H,24,27)/t15-/m0/s1. The van der Waals surface area contributed by atoms with Gasteiger partial charge in [-0.15, -0.1) is 13.2 Å². The fraction of sp³-hybridized carbons (Fsp3) is 0.263. The molecule has 1 aromatic carbocycles. The summed E-state index contributed by atoms with van der Waals surface area (Å²) in [5.74, 6) is -0.971. The molecule has 1 aliphatic heterocycles. The predicted octanol–water partition coefficient (Wildman–Crippen LogP) is 2.74. The number of nitrogens with zero attached hydrogens (tertiary/aromatic N) is 2. The van der Waals surface area contributed by atoms with E-state index in [9.17, 15) is 22.8 Å². The zero-order valence-corrected chi connectivity index (χ0v) is 16.0. The fourth-order valence-electron chi connectivity index (χ4n) is 2.50. The zero-order chi connectivity index (χ0) is 22.4. The summed E-state index contributed by atoms with van der Waals surface area (Å²) in [6.45, 7) is -0.284. The van der Waals surface area contributed by atoms with Crippen LogP contribution in [0.3, 0.4) is 0 Å². The number of nitrogens with one attached hydrogen (secondary N) is 1. The van der Waals surface area contributed by atoms with Crippen LogP contribution in [0.4, 0.5) is 13.2 Å². The van der Waals surface area contributed by atoms with E-state index in [2.05, 4.69) is 24.9 Å². The highest BCUT2D eigenvalue weighted by Crippen LogP contribution is 2.30. The van der Waals surface area contributed by atoms with Crippen LogP contribution in [0.1, 0.15) is 28.6 Å². The predicted molar refractivity (Wildman–Crippen MR) is 98.2 cm³/mol. The molecule has 0 unspecified atom stereocenters. The number of alkyl halides is 3. The van der Waals surface area contributed by atoms with Crippen molar-refractivity contribution in [2.45, 2.75) is 18.9 Å². The largest absolute Gasteiger partial charge is 0.573 e. The lowest BCUT2D eigenvalue weighted by Gasteiger charge is -2.11. The Hall–Kier alpha value is -3.83. The molecule has 1 aliphatic rings. The first kappa shape index (κ1) is 21.9. The number of benzene rings is 1. The van der Waals surface area contributed by atoms with Gasteiger partial charge in [-0.25, -0.2) is 4.98 Å². The van der Waals surface area contributed by atoms with Crippen LogP contribution in [0.5, 0.6) is 11.5 Å². The van der Waals surface area contributed by atoms with Gasteiger partial charge in [0.05, 0.1) is 19.7 Å². The number of aromatic nitrogens is 1. The van der Waals surface area contributed by atoms with E-state index in [1.807, 2.05) is 0 Å². The monoisotopic (exact) mass is 439 g/mol. The van der Waals surface area contributed by atoms with E-state index in [4.69, 9.17) is 9.57 Å². The summed E-state index contributed by atoms with van der Waals surface area (Å²) < 4.78 is 50.5. The molecule has 0 aliphatic carbocycles. The number of carbonyl (C=O) groups is 2.